The fraction of sp³-hybridized carbons (Fsp3) is 0.500. The van der Waals surface area contributed by atoms with Gasteiger partial charge in [-0.3, -0.25) is 0 Å². The molecule has 2 N–H and O–H groups in total. The van der Waals surface area contributed by atoms with E-state index in [0.29, 0.717) is 0 Å². The molecule has 0 atom stereocenters. The fourth-order valence-corrected chi connectivity index (χ4v) is 4.12. The van der Waals surface area contributed by atoms with Crippen molar-refractivity contribution in [2.75, 3.05) is 0 Å². The summed E-state index contributed by atoms with van der Waals surface area (Å²) in [6, 6.07) is 6.89. The largest absolute Gasteiger partial charge is 0.411 e. The Morgan fingerprint density at radius 3 is 2.71 bits per heavy atom. The first-order valence-corrected chi connectivity index (χ1v) is 8.22. The summed E-state index contributed by atoms with van der Waals surface area (Å²) in [6.07, 6.45) is 9.84. The number of benzene rings is 1. The number of nitrogens with zero attached hydrogens (tertiary/aromatic N) is 1. The second-order valence-electron chi connectivity index (χ2n) is 6.52. The third-order valence-corrected chi connectivity index (χ3v) is 5.26. The SMILES string of the molecule is O/N=C1/CCCc2c1[nH]c1ccc(C3CCCCC3)cc21. The number of oxime groups is 1. The molecule has 2 aliphatic carbocycles. The normalized spacial score (nSPS) is 21.8. The molecule has 3 nitrogen and oxygen atoms in total. The van der Waals surface area contributed by atoms with Gasteiger partial charge in [-0.2, -0.15) is 0 Å². The molecule has 0 aliphatic heterocycles. The van der Waals surface area contributed by atoms with Gasteiger partial charge in [-0.1, -0.05) is 30.5 Å². The Hall–Kier alpha value is -1.77. The van der Waals surface area contributed by atoms with Crippen LogP contribution in [0.15, 0.2) is 23.4 Å². The summed E-state index contributed by atoms with van der Waals surface area (Å²) in [4.78, 5) is 3.46. The van der Waals surface area contributed by atoms with Crippen molar-refractivity contribution < 1.29 is 5.21 Å². The monoisotopic (exact) mass is 282 g/mol. The summed E-state index contributed by atoms with van der Waals surface area (Å²) in [5.41, 5.74) is 5.90. The molecule has 4 rings (SSSR count). The van der Waals surface area contributed by atoms with Gasteiger partial charge in [-0.05, 0) is 61.3 Å². The van der Waals surface area contributed by atoms with Crippen LogP contribution in [-0.4, -0.2) is 15.9 Å². The van der Waals surface area contributed by atoms with Gasteiger partial charge in [-0.25, -0.2) is 0 Å². The van der Waals surface area contributed by atoms with Crippen LogP contribution in [-0.2, 0) is 6.42 Å². The molecular formula is C18H22N2O. The highest BCUT2D eigenvalue weighted by Gasteiger charge is 2.22. The van der Waals surface area contributed by atoms with Crippen molar-refractivity contribution in [3.8, 4) is 0 Å². The Morgan fingerprint density at radius 2 is 1.90 bits per heavy atom. The van der Waals surface area contributed by atoms with Crippen molar-refractivity contribution in [3.05, 3.63) is 35.0 Å². The molecule has 0 spiro atoms. The number of fused-ring (bicyclic) bond motifs is 3. The van der Waals surface area contributed by atoms with Crippen molar-refractivity contribution in [3.63, 3.8) is 0 Å². The molecule has 0 saturated heterocycles. The van der Waals surface area contributed by atoms with E-state index in [9.17, 15) is 5.21 Å². The number of aryl methyl sites for hydroxylation is 1. The van der Waals surface area contributed by atoms with Gasteiger partial charge in [0, 0.05) is 10.9 Å². The third kappa shape index (κ3) is 2.15. The van der Waals surface area contributed by atoms with Gasteiger partial charge in [0.05, 0.1) is 5.69 Å². The Kier molecular flexibility index (Phi) is 3.21. The van der Waals surface area contributed by atoms with E-state index in [2.05, 4.69) is 28.3 Å². The summed E-state index contributed by atoms with van der Waals surface area (Å²) in [7, 11) is 0. The van der Waals surface area contributed by atoms with Crippen LogP contribution < -0.4 is 0 Å². The minimum Gasteiger partial charge on any atom is -0.411 e. The zero-order valence-electron chi connectivity index (χ0n) is 12.4. The van der Waals surface area contributed by atoms with Crippen molar-refractivity contribution in [2.45, 2.75) is 57.3 Å². The average molecular weight is 282 g/mol. The maximum Gasteiger partial charge on any atom is 0.103 e. The van der Waals surface area contributed by atoms with E-state index in [1.807, 2.05) is 0 Å². The zero-order valence-corrected chi connectivity index (χ0v) is 12.4. The highest BCUT2D eigenvalue weighted by Crippen LogP contribution is 2.36. The standard InChI is InChI=1S/C18H22N2O/c21-20-17-8-4-7-14-15-11-13(12-5-2-1-3-6-12)9-10-16(15)19-18(14)17/h9-12,19,21H,1-8H2/b20-17-. The van der Waals surface area contributed by atoms with Crippen LogP contribution in [0.25, 0.3) is 10.9 Å². The molecule has 1 aromatic heterocycles. The lowest BCUT2D eigenvalue weighted by atomic mass is 9.83. The second-order valence-corrected chi connectivity index (χ2v) is 6.52. The molecular weight excluding hydrogens is 260 g/mol. The number of aromatic nitrogens is 1. The fourth-order valence-electron chi connectivity index (χ4n) is 4.12. The zero-order chi connectivity index (χ0) is 14.2. The molecule has 0 radical (unpaired) electrons. The van der Waals surface area contributed by atoms with E-state index in [1.165, 1.54) is 54.1 Å². The van der Waals surface area contributed by atoms with Crippen LogP contribution in [0.5, 0.6) is 0 Å². The van der Waals surface area contributed by atoms with Crippen molar-refractivity contribution in [1.29, 1.82) is 0 Å². The summed E-state index contributed by atoms with van der Waals surface area (Å²) >= 11 is 0. The van der Waals surface area contributed by atoms with Crippen LogP contribution in [0.2, 0.25) is 0 Å². The Bertz CT molecular complexity index is 693. The van der Waals surface area contributed by atoms with E-state index in [4.69, 9.17) is 0 Å². The van der Waals surface area contributed by atoms with Gasteiger partial charge in [0.1, 0.15) is 5.71 Å². The maximum atomic E-state index is 9.19. The third-order valence-electron chi connectivity index (χ3n) is 5.26. The van der Waals surface area contributed by atoms with Crippen molar-refractivity contribution in [2.24, 2.45) is 5.16 Å². The van der Waals surface area contributed by atoms with E-state index in [1.54, 1.807) is 0 Å². The molecule has 2 aromatic rings. The van der Waals surface area contributed by atoms with E-state index in [0.717, 1.165) is 36.6 Å². The van der Waals surface area contributed by atoms with Crippen LogP contribution in [0.3, 0.4) is 0 Å². The molecule has 1 heterocycles. The minimum absolute atomic E-state index is 0.739. The van der Waals surface area contributed by atoms with E-state index < -0.39 is 0 Å². The smallest absolute Gasteiger partial charge is 0.103 e. The van der Waals surface area contributed by atoms with Crippen LogP contribution in [0.1, 0.15) is 67.7 Å². The highest BCUT2D eigenvalue weighted by atomic mass is 16.4. The first-order valence-electron chi connectivity index (χ1n) is 8.22. The highest BCUT2D eigenvalue weighted by molar-refractivity contribution is 6.06. The predicted octanol–water partition coefficient (Wildman–Crippen LogP) is 4.73. The Morgan fingerprint density at radius 1 is 1.05 bits per heavy atom. The quantitative estimate of drug-likeness (QED) is 0.576. The number of H-pyrrole nitrogens is 1. The lowest BCUT2D eigenvalue weighted by Gasteiger charge is -2.22. The van der Waals surface area contributed by atoms with Gasteiger partial charge in [0.25, 0.3) is 0 Å². The Balaban J connectivity index is 1.80. The van der Waals surface area contributed by atoms with Gasteiger partial charge in [-0.15, -0.1) is 0 Å². The van der Waals surface area contributed by atoms with Crippen LogP contribution in [0, 0.1) is 0 Å². The minimum atomic E-state index is 0.739. The lowest BCUT2D eigenvalue weighted by Crippen LogP contribution is -2.11. The summed E-state index contributed by atoms with van der Waals surface area (Å²) in [5, 5.41) is 14.0. The number of rotatable bonds is 1. The van der Waals surface area contributed by atoms with Gasteiger partial charge >= 0.3 is 0 Å². The topological polar surface area (TPSA) is 48.4 Å². The number of hydrogen-bond donors (Lipinski definition) is 2. The van der Waals surface area contributed by atoms with Crippen molar-refractivity contribution >= 4 is 16.6 Å². The molecule has 21 heavy (non-hydrogen) atoms. The first-order chi connectivity index (χ1) is 10.4. The molecule has 0 bridgehead atoms. The molecule has 1 fully saturated rings. The van der Waals surface area contributed by atoms with E-state index in [-0.39, 0.29) is 0 Å². The molecule has 110 valence electrons. The second kappa shape index (κ2) is 5.21. The van der Waals surface area contributed by atoms with Crippen LogP contribution >= 0.6 is 0 Å². The summed E-state index contributed by atoms with van der Waals surface area (Å²) < 4.78 is 0. The van der Waals surface area contributed by atoms with E-state index >= 15 is 0 Å². The van der Waals surface area contributed by atoms with Gasteiger partial charge in [0.2, 0.25) is 0 Å². The van der Waals surface area contributed by atoms with Crippen LogP contribution in [0.4, 0.5) is 0 Å². The summed E-state index contributed by atoms with van der Waals surface area (Å²) in [5.74, 6) is 0.739. The lowest BCUT2D eigenvalue weighted by molar-refractivity contribution is 0.317. The van der Waals surface area contributed by atoms with Gasteiger partial charge < -0.3 is 10.2 Å². The first kappa shape index (κ1) is 12.9. The average Bonchev–Trinajstić information content (AvgIpc) is 2.93. The molecule has 0 amide bonds. The molecule has 1 saturated carbocycles. The van der Waals surface area contributed by atoms with Crippen molar-refractivity contribution in [1.82, 2.24) is 4.98 Å². The maximum absolute atomic E-state index is 9.19. The Labute approximate surface area is 125 Å². The van der Waals surface area contributed by atoms with Gasteiger partial charge in [0.15, 0.2) is 0 Å². The number of nitrogens with one attached hydrogen (secondary N) is 1. The molecule has 0 unspecified atom stereocenters. The predicted molar refractivity (Wildman–Crippen MR) is 85.4 cm³/mol. The molecule has 3 heteroatoms. The summed E-state index contributed by atoms with van der Waals surface area (Å²) in [6.45, 7) is 0. The molecule has 2 aliphatic rings. The number of hydrogen-bond acceptors (Lipinski definition) is 2. The molecule has 1 aromatic carbocycles. The number of aromatic amines is 1.